The van der Waals surface area contributed by atoms with Gasteiger partial charge in [-0.15, -0.1) is 0 Å². The number of thioether (sulfide) groups is 1. The molecule has 30 heavy (non-hydrogen) atoms. The molecule has 1 amide bonds. The highest BCUT2D eigenvalue weighted by molar-refractivity contribution is 7.99. The first kappa shape index (κ1) is 22.7. The SMILES string of the molecule is Cc1cc(C)cc(NS(=O)(=O)c2cc(C(=O)NCCSC3CCCC3)ccc2C)c1. The Morgan fingerprint density at radius 1 is 1.03 bits per heavy atom. The van der Waals surface area contributed by atoms with Crippen molar-refractivity contribution in [1.82, 2.24) is 5.32 Å². The first-order valence-corrected chi connectivity index (χ1v) is 12.9. The fraction of sp³-hybridized carbons (Fsp3) is 0.435. The molecule has 1 fully saturated rings. The molecule has 2 aromatic carbocycles. The molecular formula is C23H30N2O3S2. The molecule has 162 valence electrons. The second-order valence-electron chi connectivity index (χ2n) is 8.00. The molecule has 0 saturated heterocycles. The van der Waals surface area contributed by atoms with Gasteiger partial charge in [-0.3, -0.25) is 9.52 Å². The number of rotatable bonds is 8. The van der Waals surface area contributed by atoms with E-state index in [-0.39, 0.29) is 10.8 Å². The summed E-state index contributed by atoms with van der Waals surface area (Å²) in [4.78, 5) is 12.7. The van der Waals surface area contributed by atoms with Crippen molar-refractivity contribution in [2.45, 2.75) is 56.6 Å². The lowest BCUT2D eigenvalue weighted by Crippen LogP contribution is -2.26. The van der Waals surface area contributed by atoms with E-state index in [1.165, 1.54) is 31.7 Å². The predicted octanol–water partition coefficient (Wildman–Crippen LogP) is 4.82. The molecule has 0 aliphatic heterocycles. The number of nitrogens with one attached hydrogen (secondary N) is 2. The number of hydrogen-bond donors (Lipinski definition) is 2. The van der Waals surface area contributed by atoms with Crippen molar-refractivity contribution in [3.8, 4) is 0 Å². The highest BCUT2D eigenvalue weighted by Crippen LogP contribution is 2.29. The van der Waals surface area contributed by atoms with Crippen LogP contribution >= 0.6 is 11.8 Å². The van der Waals surface area contributed by atoms with E-state index in [0.717, 1.165) is 16.9 Å². The van der Waals surface area contributed by atoms with E-state index in [2.05, 4.69) is 10.0 Å². The zero-order valence-electron chi connectivity index (χ0n) is 17.8. The smallest absolute Gasteiger partial charge is 0.262 e. The van der Waals surface area contributed by atoms with Crippen LogP contribution in [0.25, 0.3) is 0 Å². The van der Waals surface area contributed by atoms with Crippen molar-refractivity contribution < 1.29 is 13.2 Å². The van der Waals surface area contributed by atoms with Crippen LogP contribution in [0.3, 0.4) is 0 Å². The molecular weight excluding hydrogens is 416 g/mol. The third-order valence-electron chi connectivity index (χ3n) is 5.26. The number of sulfonamides is 1. The normalized spacial score (nSPS) is 14.6. The lowest BCUT2D eigenvalue weighted by atomic mass is 10.1. The summed E-state index contributed by atoms with van der Waals surface area (Å²) in [5, 5.41) is 3.63. The minimum atomic E-state index is -3.80. The number of carbonyl (C=O) groups is 1. The van der Waals surface area contributed by atoms with Crippen LogP contribution in [0.5, 0.6) is 0 Å². The van der Waals surface area contributed by atoms with Crippen molar-refractivity contribution >= 4 is 33.4 Å². The standard InChI is InChI=1S/C23H30N2O3S2/c1-16-12-17(2)14-20(13-16)25-30(27,28)22-15-19(9-8-18(22)3)23(26)24-10-11-29-21-6-4-5-7-21/h8-9,12-15,21,25H,4-7,10-11H2,1-3H3,(H,24,26). The van der Waals surface area contributed by atoms with E-state index < -0.39 is 10.0 Å². The predicted molar refractivity (Wildman–Crippen MR) is 125 cm³/mol. The topological polar surface area (TPSA) is 75.3 Å². The Hall–Kier alpha value is -1.99. The lowest BCUT2D eigenvalue weighted by molar-refractivity contribution is 0.0956. The Balaban J connectivity index is 1.67. The highest BCUT2D eigenvalue weighted by atomic mass is 32.2. The van der Waals surface area contributed by atoms with Gasteiger partial charge in [0.2, 0.25) is 0 Å². The minimum absolute atomic E-state index is 0.120. The van der Waals surface area contributed by atoms with Crippen molar-refractivity contribution in [1.29, 1.82) is 0 Å². The quantitative estimate of drug-likeness (QED) is 0.570. The van der Waals surface area contributed by atoms with E-state index in [0.29, 0.717) is 28.6 Å². The minimum Gasteiger partial charge on any atom is -0.351 e. The van der Waals surface area contributed by atoms with Gasteiger partial charge < -0.3 is 5.32 Å². The molecule has 1 saturated carbocycles. The van der Waals surface area contributed by atoms with Gasteiger partial charge in [0, 0.05) is 28.8 Å². The second kappa shape index (κ2) is 9.88. The van der Waals surface area contributed by atoms with E-state index in [4.69, 9.17) is 0 Å². The zero-order valence-corrected chi connectivity index (χ0v) is 19.5. The summed E-state index contributed by atoms with van der Waals surface area (Å²) in [5.41, 5.74) is 3.43. The summed E-state index contributed by atoms with van der Waals surface area (Å²) >= 11 is 1.91. The molecule has 7 heteroatoms. The lowest BCUT2D eigenvalue weighted by Gasteiger charge is -2.13. The van der Waals surface area contributed by atoms with Crippen molar-refractivity contribution in [2.24, 2.45) is 0 Å². The summed E-state index contributed by atoms with van der Waals surface area (Å²) < 4.78 is 28.6. The fourth-order valence-electron chi connectivity index (χ4n) is 3.82. The Morgan fingerprint density at radius 2 is 1.70 bits per heavy atom. The largest absolute Gasteiger partial charge is 0.351 e. The third kappa shape index (κ3) is 6.01. The third-order valence-corrected chi connectivity index (χ3v) is 8.16. The molecule has 2 aromatic rings. The van der Waals surface area contributed by atoms with Crippen LogP contribution in [0.2, 0.25) is 0 Å². The number of benzene rings is 2. The van der Waals surface area contributed by atoms with Crippen LogP contribution in [-0.2, 0) is 10.0 Å². The molecule has 0 radical (unpaired) electrons. The van der Waals surface area contributed by atoms with Gasteiger partial charge >= 0.3 is 0 Å². The highest BCUT2D eigenvalue weighted by Gasteiger charge is 2.20. The molecule has 5 nitrogen and oxygen atoms in total. The van der Waals surface area contributed by atoms with Crippen molar-refractivity contribution in [3.63, 3.8) is 0 Å². The van der Waals surface area contributed by atoms with E-state index in [9.17, 15) is 13.2 Å². The first-order valence-electron chi connectivity index (χ1n) is 10.4. The first-order chi connectivity index (χ1) is 14.2. The number of hydrogen-bond acceptors (Lipinski definition) is 4. The van der Waals surface area contributed by atoms with Gasteiger partial charge in [-0.05, 0) is 74.6 Å². The van der Waals surface area contributed by atoms with Gasteiger partial charge in [0.25, 0.3) is 15.9 Å². The summed E-state index contributed by atoms with van der Waals surface area (Å²) in [6.07, 6.45) is 5.15. The molecule has 1 aliphatic rings. The second-order valence-corrected chi connectivity index (χ2v) is 11.1. The average Bonchev–Trinajstić information content (AvgIpc) is 3.17. The molecule has 1 aliphatic carbocycles. The molecule has 2 N–H and O–H groups in total. The Labute approximate surface area is 184 Å². The maximum Gasteiger partial charge on any atom is 0.262 e. The molecule has 0 aromatic heterocycles. The van der Waals surface area contributed by atoms with Gasteiger partial charge in [0.05, 0.1) is 4.90 Å². The van der Waals surface area contributed by atoms with Crippen LogP contribution in [0.15, 0.2) is 41.3 Å². The maximum atomic E-state index is 13.0. The molecule has 0 heterocycles. The number of amides is 1. The summed E-state index contributed by atoms with van der Waals surface area (Å²) in [5.74, 6) is 0.631. The Morgan fingerprint density at radius 3 is 2.37 bits per heavy atom. The summed E-state index contributed by atoms with van der Waals surface area (Å²) in [6.45, 7) is 6.16. The van der Waals surface area contributed by atoms with Gasteiger partial charge in [-0.25, -0.2) is 8.42 Å². The molecule has 3 rings (SSSR count). The van der Waals surface area contributed by atoms with Crippen LogP contribution in [0, 0.1) is 20.8 Å². The summed E-state index contributed by atoms with van der Waals surface area (Å²) in [6, 6.07) is 10.4. The van der Waals surface area contributed by atoms with Crippen molar-refractivity contribution in [2.75, 3.05) is 17.0 Å². The Kier molecular flexibility index (Phi) is 7.47. The molecule has 0 atom stereocenters. The van der Waals surface area contributed by atoms with E-state index in [1.807, 2.05) is 31.7 Å². The molecule has 0 bridgehead atoms. The maximum absolute atomic E-state index is 13.0. The van der Waals surface area contributed by atoms with Crippen LogP contribution in [-0.4, -0.2) is 31.9 Å². The van der Waals surface area contributed by atoms with Gasteiger partial charge in [0.15, 0.2) is 0 Å². The van der Waals surface area contributed by atoms with Gasteiger partial charge in [-0.1, -0.05) is 25.0 Å². The van der Waals surface area contributed by atoms with Gasteiger partial charge in [-0.2, -0.15) is 11.8 Å². The van der Waals surface area contributed by atoms with E-state index >= 15 is 0 Å². The number of carbonyl (C=O) groups excluding carboxylic acids is 1. The van der Waals surface area contributed by atoms with E-state index in [1.54, 1.807) is 31.2 Å². The molecule has 0 unspecified atom stereocenters. The van der Waals surface area contributed by atoms with Crippen LogP contribution in [0.4, 0.5) is 5.69 Å². The average molecular weight is 447 g/mol. The van der Waals surface area contributed by atoms with Crippen LogP contribution < -0.4 is 10.0 Å². The zero-order chi connectivity index (χ0) is 21.7. The fourth-order valence-corrected chi connectivity index (χ4v) is 6.35. The molecule has 0 spiro atoms. The van der Waals surface area contributed by atoms with Gasteiger partial charge in [0.1, 0.15) is 0 Å². The Bertz CT molecular complexity index is 993. The van der Waals surface area contributed by atoms with Crippen LogP contribution in [0.1, 0.15) is 52.7 Å². The summed E-state index contributed by atoms with van der Waals surface area (Å²) in [7, 11) is -3.80. The monoisotopic (exact) mass is 446 g/mol. The number of anilines is 1. The van der Waals surface area contributed by atoms with Crippen molar-refractivity contribution in [3.05, 3.63) is 58.7 Å². The number of aryl methyl sites for hydroxylation is 3.